The molecular weight excluding hydrogens is 200 g/mol. The Morgan fingerprint density at radius 3 is 2.69 bits per heavy atom. The third-order valence-electron chi connectivity index (χ3n) is 3.67. The normalized spacial score (nSPS) is 24.2. The zero-order valence-corrected chi connectivity index (χ0v) is 11.1. The molecule has 3 nitrogen and oxygen atoms in total. The molecule has 0 N–H and O–H groups in total. The van der Waals surface area contributed by atoms with E-state index >= 15 is 0 Å². The van der Waals surface area contributed by atoms with Crippen molar-refractivity contribution < 1.29 is 4.79 Å². The average molecular weight is 226 g/mol. The van der Waals surface area contributed by atoms with Gasteiger partial charge in [-0.25, -0.2) is 0 Å². The van der Waals surface area contributed by atoms with Crippen LogP contribution < -0.4 is 0 Å². The Morgan fingerprint density at radius 1 is 1.50 bits per heavy atom. The Bertz CT molecular complexity index is 218. The van der Waals surface area contributed by atoms with Gasteiger partial charge in [-0.05, 0) is 38.4 Å². The molecule has 1 saturated heterocycles. The molecule has 0 amide bonds. The fraction of sp³-hybridized carbons (Fsp3) is 0.923. The molecule has 0 spiro atoms. The highest BCUT2D eigenvalue weighted by atomic mass is 16.1. The smallest absolute Gasteiger partial charge is 0.137 e. The molecule has 94 valence electrons. The van der Waals surface area contributed by atoms with E-state index in [1.165, 1.54) is 6.42 Å². The third-order valence-corrected chi connectivity index (χ3v) is 3.67. The van der Waals surface area contributed by atoms with Gasteiger partial charge in [-0.2, -0.15) is 0 Å². The SMILES string of the molecule is CCN(C)CC1CCN(C(C=O)C(C)C)C1. The maximum atomic E-state index is 11.1. The molecule has 2 atom stereocenters. The van der Waals surface area contributed by atoms with Gasteiger partial charge in [-0.3, -0.25) is 4.90 Å². The zero-order valence-electron chi connectivity index (χ0n) is 11.1. The van der Waals surface area contributed by atoms with Crippen molar-refractivity contribution in [2.75, 3.05) is 33.2 Å². The highest BCUT2D eigenvalue weighted by Gasteiger charge is 2.29. The van der Waals surface area contributed by atoms with Crippen LogP contribution in [0.3, 0.4) is 0 Å². The lowest BCUT2D eigenvalue weighted by atomic mass is 10.0. The average Bonchev–Trinajstić information content (AvgIpc) is 2.66. The zero-order chi connectivity index (χ0) is 12.1. The molecule has 0 saturated carbocycles. The van der Waals surface area contributed by atoms with Gasteiger partial charge in [0.15, 0.2) is 0 Å². The van der Waals surface area contributed by atoms with Crippen LogP contribution in [0.1, 0.15) is 27.2 Å². The Morgan fingerprint density at radius 2 is 2.19 bits per heavy atom. The van der Waals surface area contributed by atoms with E-state index in [-0.39, 0.29) is 6.04 Å². The van der Waals surface area contributed by atoms with Crippen LogP contribution in [0.5, 0.6) is 0 Å². The predicted octanol–water partition coefficient (Wildman–Crippen LogP) is 1.48. The molecule has 1 aliphatic rings. The van der Waals surface area contributed by atoms with Crippen molar-refractivity contribution in [3.8, 4) is 0 Å². The summed E-state index contributed by atoms with van der Waals surface area (Å²) in [6.07, 6.45) is 2.36. The Labute approximate surface area is 99.8 Å². The summed E-state index contributed by atoms with van der Waals surface area (Å²) in [5, 5.41) is 0. The first-order chi connectivity index (χ1) is 7.58. The Kier molecular flexibility index (Phi) is 5.42. The van der Waals surface area contributed by atoms with Crippen molar-refractivity contribution >= 4 is 6.29 Å². The van der Waals surface area contributed by atoms with Gasteiger partial charge in [-0.15, -0.1) is 0 Å². The molecular formula is C13H26N2O. The van der Waals surface area contributed by atoms with Gasteiger partial charge in [0, 0.05) is 13.1 Å². The van der Waals surface area contributed by atoms with E-state index in [0.29, 0.717) is 5.92 Å². The lowest BCUT2D eigenvalue weighted by Gasteiger charge is -2.26. The summed E-state index contributed by atoms with van der Waals surface area (Å²) in [5.41, 5.74) is 0. The molecule has 0 aromatic carbocycles. The van der Waals surface area contributed by atoms with Crippen LogP contribution >= 0.6 is 0 Å². The van der Waals surface area contributed by atoms with E-state index in [1.54, 1.807) is 0 Å². The quantitative estimate of drug-likeness (QED) is 0.641. The monoisotopic (exact) mass is 226 g/mol. The number of carbonyl (C=O) groups is 1. The Hall–Kier alpha value is -0.410. The second kappa shape index (κ2) is 6.36. The fourth-order valence-corrected chi connectivity index (χ4v) is 2.52. The maximum absolute atomic E-state index is 11.1. The third kappa shape index (κ3) is 3.56. The number of aldehydes is 1. The molecule has 2 unspecified atom stereocenters. The molecule has 0 aromatic heterocycles. The second-order valence-corrected chi connectivity index (χ2v) is 5.38. The van der Waals surface area contributed by atoms with Crippen LogP contribution in [0.4, 0.5) is 0 Å². The van der Waals surface area contributed by atoms with Crippen molar-refractivity contribution in [3.05, 3.63) is 0 Å². The summed E-state index contributed by atoms with van der Waals surface area (Å²) in [6.45, 7) is 10.9. The van der Waals surface area contributed by atoms with E-state index in [9.17, 15) is 4.79 Å². The maximum Gasteiger partial charge on any atom is 0.137 e. The Balaban J connectivity index is 2.42. The van der Waals surface area contributed by atoms with Crippen LogP contribution in [0, 0.1) is 11.8 Å². The van der Waals surface area contributed by atoms with E-state index < -0.39 is 0 Å². The lowest BCUT2D eigenvalue weighted by molar-refractivity contribution is -0.113. The van der Waals surface area contributed by atoms with Crippen LogP contribution in [0.15, 0.2) is 0 Å². The number of carbonyl (C=O) groups excluding carboxylic acids is 1. The van der Waals surface area contributed by atoms with Crippen LogP contribution in [-0.2, 0) is 4.79 Å². The van der Waals surface area contributed by atoms with Gasteiger partial charge < -0.3 is 9.69 Å². The number of nitrogens with zero attached hydrogens (tertiary/aromatic N) is 2. The molecule has 1 aliphatic heterocycles. The van der Waals surface area contributed by atoms with Gasteiger partial charge in [0.1, 0.15) is 6.29 Å². The van der Waals surface area contributed by atoms with Crippen molar-refractivity contribution in [2.24, 2.45) is 11.8 Å². The summed E-state index contributed by atoms with van der Waals surface area (Å²) in [4.78, 5) is 15.8. The fourth-order valence-electron chi connectivity index (χ4n) is 2.52. The molecule has 1 rings (SSSR count). The lowest BCUT2D eigenvalue weighted by Crippen LogP contribution is -2.39. The largest absolute Gasteiger partial charge is 0.306 e. The van der Waals surface area contributed by atoms with E-state index in [1.807, 2.05) is 0 Å². The van der Waals surface area contributed by atoms with E-state index in [2.05, 4.69) is 37.6 Å². The molecule has 1 heterocycles. The molecule has 16 heavy (non-hydrogen) atoms. The van der Waals surface area contributed by atoms with Crippen molar-refractivity contribution in [1.29, 1.82) is 0 Å². The minimum Gasteiger partial charge on any atom is -0.306 e. The van der Waals surface area contributed by atoms with Crippen LogP contribution in [0.2, 0.25) is 0 Å². The standard InChI is InChI=1S/C13H26N2O/c1-5-14(4)8-12-6-7-15(9-12)13(10-16)11(2)3/h10-13H,5-9H2,1-4H3. The first-order valence-electron chi connectivity index (χ1n) is 6.46. The van der Waals surface area contributed by atoms with Gasteiger partial charge in [0.2, 0.25) is 0 Å². The first kappa shape index (κ1) is 13.7. The minimum atomic E-state index is 0.122. The molecule has 0 bridgehead atoms. The number of hydrogen-bond donors (Lipinski definition) is 0. The molecule has 0 aromatic rings. The summed E-state index contributed by atoms with van der Waals surface area (Å²) < 4.78 is 0. The van der Waals surface area contributed by atoms with Crippen molar-refractivity contribution in [3.63, 3.8) is 0 Å². The second-order valence-electron chi connectivity index (χ2n) is 5.38. The number of hydrogen-bond acceptors (Lipinski definition) is 3. The molecule has 3 heteroatoms. The summed E-state index contributed by atoms with van der Waals surface area (Å²) in [5.74, 6) is 1.17. The highest BCUT2D eigenvalue weighted by molar-refractivity contribution is 5.58. The van der Waals surface area contributed by atoms with Gasteiger partial charge in [-0.1, -0.05) is 20.8 Å². The van der Waals surface area contributed by atoms with E-state index in [4.69, 9.17) is 0 Å². The van der Waals surface area contributed by atoms with Crippen LogP contribution in [0.25, 0.3) is 0 Å². The van der Waals surface area contributed by atoms with Crippen molar-refractivity contribution in [2.45, 2.75) is 33.2 Å². The first-order valence-corrected chi connectivity index (χ1v) is 6.46. The van der Waals surface area contributed by atoms with Crippen LogP contribution in [-0.4, -0.2) is 55.4 Å². The van der Waals surface area contributed by atoms with Gasteiger partial charge in [0.05, 0.1) is 6.04 Å². The van der Waals surface area contributed by atoms with Gasteiger partial charge in [0.25, 0.3) is 0 Å². The number of likely N-dealkylation sites (tertiary alicyclic amines) is 1. The predicted molar refractivity (Wildman–Crippen MR) is 67.5 cm³/mol. The van der Waals surface area contributed by atoms with E-state index in [0.717, 1.165) is 38.4 Å². The highest BCUT2D eigenvalue weighted by Crippen LogP contribution is 2.21. The van der Waals surface area contributed by atoms with Crippen molar-refractivity contribution in [1.82, 2.24) is 9.80 Å². The number of rotatable bonds is 6. The summed E-state index contributed by atoms with van der Waals surface area (Å²) in [7, 11) is 2.17. The summed E-state index contributed by atoms with van der Waals surface area (Å²) >= 11 is 0. The minimum absolute atomic E-state index is 0.122. The molecule has 0 radical (unpaired) electrons. The summed E-state index contributed by atoms with van der Waals surface area (Å²) in [6, 6.07) is 0.122. The molecule has 0 aliphatic carbocycles. The molecule has 1 fully saturated rings. The topological polar surface area (TPSA) is 23.6 Å². The van der Waals surface area contributed by atoms with Gasteiger partial charge >= 0.3 is 0 Å².